The zero-order chi connectivity index (χ0) is 22.1. The first-order chi connectivity index (χ1) is 15.6. The summed E-state index contributed by atoms with van der Waals surface area (Å²) in [6, 6.07) is 14.2. The number of hydrogen-bond acceptors (Lipinski definition) is 3. The van der Waals surface area contributed by atoms with Gasteiger partial charge < -0.3 is 14.7 Å². The van der Waals surface area contributed by atoms with Gasteiger partial charge in [-0.05, 0) is 87.0 Å². The van der Waals surface area contributed by atoms with Crippen molar-refractivity contribution in [2.24, 2.45) is 0 Å². The molecule has 2 aromatic rings. The fourth-order valence-electron chi connectivity index (χ4n) is 5.56. The van der Waals surface area contributed by atoms with Gasteiger partial charge in [-0.1, -0.05) is 24.3 Å². The Morgan fingerprint density at radius 1 is 0.906 bits per heavy atom. The minimum Gasteiger partial charge on any atom is -0.334 e. The fraction of sp³-hybridized carbons (Fsp3) is 0.481. The van der Waals surface area contributed by atoms with Gasteiger partial charge in [0.25, 0.3) is 11.8 Å². The Kier molecular flexibility index (Phi) is 6.01. The van der Waals surface area contributed by atoms with E-state index in [0.29, 0.717) is 19.1 Å². The van der Waals surface area contributed by atoms with Crippen LogP contribution in [0.1, 0.15) is 63.1 Å². The minimum absolute atomic E-state index is 0.0933. The summed E-state index contributed by atoms with van der Waals surface area (Å²) in [5, 5.41) is 0. The molecule has 0 saturated carbocycles. The summed E-state index contributed by atoms with van der Waals surface area (Å²) in [7, 11) is 0. The van der Waals surface area contributed by atoms with Crippen LogP contribution < -0.4 is 0 Å². The molecule has 1 atom stereocenters. The van der Waals surface area contributed by atoms with Crippen LogP contribution in [0.5, 0.6) is 0 Å². The number of carbonyl (C=O) groups excluding carboxylic acids is 2. The summed E-state index contributed by atoms with van der Waals surface area (Å²) >= 11 is 0. The van der Waals surface area contributed by atoms with E-state index in [4.69, 9.17) is 0 Å². The van der Waals surface area contributed by atoms with Crippen LogP contribution in [0.2, 0.25) is 0 Å². The average molecular weight is 432 g/mol. The second-order valence-electron chi connectivity index (χ2n) is 9.58. The molecule has 0 N–H and O–H groups in total. The maximum Gasteiger partial charge on any atom is 0.254 e. The Morgan fingerprint density at radius 2 is 1.72 bits per heavy atom. The molecule has 0 spiro atoms. The predicted molar refractivity (Wildman–Crippen MR) is 126 cm³/mol. The molecule has 5 rings (SSSR count). The van der Waals surface area contributed by atoms with E-state index >= 15 is 0 Å². The van der Waals surface area contributed by atoms with Gasteiger partial charge in [0, 0.05) is 43.3 Å². The monoisotopic (exact) mass is 431 g/mol. The van der Waals surface area contributed by atoms with Crippen LogP contribution in [0, 0.1) is 6.92 Å². The van der Waals surface area contributed by atoms with Crippen LogP contribution in [0.3, 0.4) is 0 Å². The fourth-order valence-corrected chi connectivity index (χ4v) is 5.56. The first kappa shape index (κ1) is 21.2. The summed E-state index contributed by atoms with van der Waals surface area (Å²) < 4.78 is 0. The molecule has 5 heteroatoms. The summed E-state index contributed by atoms with van der Waals surface area (Å²) in [6.45, 7) is 7.53. The number of nitrogens with zero attached hydrogens (tertiary/aromatic N) is 3. The highest BCUT2D eigenvalue weighted by Crippen LogP contribution is 2.26. The molecule has 0 radical (unpaired) electrons. The molecular formula is C27H33N3O2. The second kappa shape index (κ2) is 9.07. The highest BCUT2D eigenvalue weighted by Gasteiger charge is 2.32. The van der Waals surface area contributed by atoms with Gasteiger partial charge in [0.15, 0.2) is 0 Å². The van der Waals surface area contributed by atoms with E-state index in [9.17, 15) is 9.59 Å². The molecule has 32 heavy (non-hydrogen) atoms. The van der Waals surface area contributed by atoms with E-state index in [1.165, 1.54) is 31.5 Å². The van der Waals surface area contributed by atoms with Crippen LogP contribution in [-0.4, -0.2) is 65.3 Å². The highest BCUT2D eigenvalue weighted by atomic mass is 16.2. The number of fused-ring (bicyclic) bond motifs is 1. The molecule has 2 fully saturated rings. The molecule has 0 aromatic heterocycles. The van der Waals surface area contributed by atoms with Crippen molar-refractivity contribution in [1.29, 1.82) is 0 Å². The van der Waals surface area contributed by atoms with Gasteiger partial charge in [0.05, 0.1) is 0 Å². The second-order valence-corrected chi connectivity index (χ2v) is 9.58. The van der Waals surface area contributed by atoms with Gasteiger partial charge in [-0.25, -0.2) is 0 Å². The Morgan fingerprint density at radius 3 is 2.53 bits per heavy atom. The van der Waals surface area contributed by atoms with Crippen molar-refractivity contribution in [1.82, 2.24) is 14.7 Å². The van der Waals surface area contributed by atoms with Gasteiger partial charge in [-0.15, -0.1) is 0 Å². The van der Waals surface area contributed by atoms with Crippen molar-refractivity contribution in [3.8, 4) is 0 Å². The maximum atomic E-state index is 13.4. The number of hydrogen-bond donors (Lipinski definition) is 0. The van der Waals surface area contributed by atoms with Crippen molar-refractivity contribution < 1.29 is 9.59 Å². The Balaban J connectivity index is 1.28. The lowest BCUT2D eigenvalue weighted by molar-refractivity contribution is 0.0703. The van der Waals surface area contributed by atoms with Crippen LogP contribution in [-0.2, 0) is 13.0 Å². The van der Waals surface area contributed by atoms with E-state index in [0.717, 1.165) is 54.6 Å². The van der Waals surface area contributed by atoms with Crippen LogP contribution in [0.15, 0.2) is 42.5 Å². The molecule has 3 aliphatic heterocycles. The molecule has 0 unspecified atom stereocenters. The SMILES string of the molecule is Cc1ccccc1C(=O)N1CCc2cc(C(=O)N3CCC[C@H]3CN3CCCC3)ccc2C1. The van der Waals surface area contributed by atoms with E-state index in [2.05, 4.69) is 21.9 Å². The Bertz CT molecular complexity index is 1010. The normalized spacial score (nSPS) is 21.1. The van der Waals surface area contributed by atoms with Crippen molar-refractivity contribution in [3.05, 3.63) is 70.3 Å². The minimum atomic E-state index is 0.0933. The molecule has 168 valence electrons. The summed E-state index contributed by atoms with van der Waals surface area (Å²) in [6.07, 6.45) is 5.59. The van der Waals surface area contributed by atoms with Crippen LogP contribution in [0.25, 0.3) is 0 Å². The van der Waals surface area contributed by atoms with Gasteiger partial charge in [-0.3, -0.25) is 9.59 Å². The van der Waals surface area contributed by atoms with Crippen LogP contribution in [0.4, 0.5) is 0 Å². The highest BCUT2D eigenvalue weighted by molar-refractivity contribution is 5.96. The first-order valence-electron chi connectivity index (χ1n) is 12.1. The summed E-state index contributed by atoms with van der Waals surface area (Å²) in [4.78, 5) is 32.9. The largest absolute Gasteiger partial charge is 0.334 e. The number of carbonyl (C=O) groups is 2. The number of aryl methyl sites for hydroxylation is 1. The maximum absolute atomic E-state index is 13.4. The molecule has 3 heterocycles. The zero-order valence-corrected chi connectivity index (χ0v) is 19.1. The van der Waals surface area contributed by atoms with E-state index in [1.807, 2.05) is 42.2 Å². The summed E-state index contributed by atoms with van der Waals surface area (Å²) in [5.74, 6) is 0.267. The number of likely N-dealkylation sites (tertiary alicyclic amines) is 2. The Hall–Kier alpha value is -2.66. The van der Waals surface area contributed by atoms with Crippen molar-refractivity contribution in [2.45, 2.75) is 51.6 Å². The smallest absolute Gasteiger partial charge is 0.254 e. The van der Waals surface area contributed by atoms with E-state index < -0.39 is 0 Å². The van der Waals surface area contributed by atoms with Crippen molar-refractivity contribution >= 4 is 11.8 Å². The number of benzene rings is 2. The van der Waals surface area contributed by atoms with E-state index in [1.54, 1.807) is 0 Å². The molecule has 3 aliphatic rings. The van der Waals surface area contributed by atoms with Gasteiger partial charge in [-0.2, -0.15) is 0 Å². The van der Waals surface area contributed by atoms with Crippen molar-refractivity contribution in [2.75, 3.05) is 32.7 Å². The molecule has 2 amide bonds. The molecule has 2 saturated heterocycles. The number of rotatable bonds is 4. The molecule has 5 nitrogen and oxygen atoms in total. The Labute approximate surface area is 191 Å². The average Bonchev–Trinajstić information content (AvgIpc) is 3.50. The molecule has 0 aliphatic carbocycles. The number of amides is 2. The zero-order valence-electron chi connectivity index (χ0n) is 19.1. The standard InChI is InChI=1S/C27H33N3O2/c1-20-7-2-3-9-25(20)27(32)29-16-12-21-17-22(10-11-23(21)18-29)26(31)30-15-6-8-24(30)19-28-13-4-5-14-28/h2-3,7,9-11,17,24H,4-6,8,12-16,18-19H2,1H3/t24-/m0/s1. The lowest BCUT2D eigenvalue weighted by Crippen LogP contribution is -2.42. The lowest BCUT2D eigenvalue weighted by atomic mass is 9.96. The third-order valence-electron chi connectivity index (χ3n) is 7.43. The molecule has 2 aromatic carbocycles. The summed E-state index contributed by atoms with van der Waals surface area (Å²) in [5.41, 5.74) is 4.96. The van der Waals surface area contributed by atoms with Gasteiger partial charge in [0.2, 0.25) is 0 Å². The quantitative estimate of drug-likeness (QED) is 0.738. The topological polar surface area (TPSA) is 43.9 Å². The first-order valence-corrected chi connectivity index (χ1v) is 12.1. The third kappa shape index (κ3) is 4.18. The van der Waals surface area contributed by atoms with Crippen LogP contribution >= 0.6 is 0 Å². The van der Waals surface area contributed by atoms with Gasteiger partial charge >= 0.3 is 0 Å². The predicted octanol–water partition coefficient (Wildman–Crippen LogP) is 3.89. The molecular weight excluding hydrogens is 398 g/mol. The third-order valence-corrected chi connectivity index (χ3v) is 7.43. The molecule has 0 bridgehead atoms. The van der Waals surface area contributed by atoms with E-state index in [-0.39, 0.29) is 11.8 Å². The van der Waals surface area contributed by atoms with Gasteiger partial charge in [0.1, 0.15) is 0 Å². The van der Waals surface area contributed by atoms with Crippen molar-refractivity contribution in [3.63, 3.8) is 0 Å². The lowest BCUT2D eigenvalue weighted by Gasteiger charge is -2.31.